The zero-order valence-electron chi connectivity index (χ0n) is 14.4. The Labute approximate surface area is 169 Å². The lowest BCUT2D eigenvalue weighted by atomic mass is 10.1. The van der Waals surface area contributed by atoms with Crippen molar-refractivity contribution in [3.05, 3.63) is 39.7 Å². The number of hydrogen-bond donors (Lipinski definition) is 0. The molecule has 1 saturated heterocycles. The summed E-state index contributed by atoms with van der Waals surface area (Å²) in [7, 11) is 0. The van der Waals surface area contributed by atoms with E-state index in [-0.39, 0.29) is 24.5 Å². The first-order chi connectivity index (χ1) is 13.1. The van der Waals surface area contributed by atoms with E-state index in [9.17, 15) is 9.59 Å². The molecule has 27 heavy (non-hydrogen) atoms. The van der Waals surface area contributed by atoms with Gasteiger partial charge in [-0.1, -0.05) is 22.9 Å². The number of amides is 1. The number of pyridine rings is 1. The summed E-state index contributed by atoms with van der Waals surface area (Å²) in [6.45, 7) is 2.75. The van der Waals surface area contributed by atoms with Crippen LogP contribution < -0.4 is 4.90 Å². The Morgan fingerprint density at radius 2 is 1.89 bits per heavy atom. The first-order valence-corrected chi connectivity index (χ1v) is 10.6. The predicted octanol–water partition coefficient (Wildman–Crippen LogP) is 3.72. The minimum atomic E-state index is -0.0270. The second-order valence-electron chi connectivity index (χ2n) is 6.22. The number of Topliss-reactive ketones (excluding diaryl/α,β-unsaturated/α-hetero) is 1. The number of fused-ring (bicyclic) bond motifs is 1. The van der Waals surface area contributed by atoms with Crippen LogP contribution in [0, 0.1) is 0 Å². The third kappa shape index (κ3) is 4.12. The molecule has 1 aliphatic rings. The van der Waals surface area contributed by atoms with Gasteiger partial charge in [-0.25, -0.2) is 9.97 Å². The number of aromatic nitrogens is 2. The number of carbonyl (C=O) groups excluding carboxylic acids is 2. The number of rotatable bonds is 5. The van der Waals surface area contributed by atoms with Crippen LogP contribution in [0.15, 0.2) is 30.5 Å². The molecule has 0 unspecified atom stereocenters. The molecule has 0 spiro atoms. The van der Waals surface area contributed by atoms with Crippen LogP contribution in [0.1, 0.15) is 22.5 Å². The standard InChI is InChI=1S/C18H17ClN4O2S2/c19-15-5-4-14(26-15)13(24)3-6-16(25)22-8-10-23(11-9-22)18-21-12-2-1-7-20-17(12)27-18/h1-2,4-5,7H,3,6,8-11H2. The van der Waals surface area contributed by atoms with Crippen LogP contribution >= 0.6 is 34.3 Å². The summed E-state index contributed by atoms with van der Waals surface area (Å²) in [5.74, 6) is -0.00233. The van der Waals surface area contributed by atoms with E-state index in [1.807, 2.05) is 17.0 Å². The fourth-order valence-electron chi connectivity index (χ4n) is 3.01. The van der Waals surface area contributed by atoms with Crippen LogP contribution in [-0.4, -0.2) is 52.7 Å². The quantitative estimate of drug-likeness (QED) is 0.588. The van der Waals surface area contributed by atoms with Gasteiger partial charge in [-0.2, -0.15) is 0 Å². The van der Waals surface area contributed by atoms with Crippen molar-refractivity contribution < 1.29 is 9.59 Å². The normalized spacial score (nSPS) is 14.7. The topological polar surface area (TPSA) is 66.4 Å². The van der Waals surface area contributed by atoms with Gasteiger partial charge < -0.3 is 9.80 Å². The number of carbonyl (C=O) groups is 2. The molecule has 1 aliphatic heterocycles. The van der Waals surface area contributed by atoms with Crippen LogP contribution in [-0.2, 0) is 4.79 Å². The minimum absolute atomic E-state index is 0.0246. The smallest absolute Gasteiger partial charge is 0.223 e. The monoisotopic (exact) mass is 420 g/mol. The molecule has 0 radical (unpaired) electrons. The van der Waals surface area contributed by atoms with Crippen molar-refractivity contribution in [3.8, 4) is 0 Å². The Bertz CT molecular complexity index is 946. The summed E-state index contributed by atoms with van der Waals surface area (Å²) in [5.41, 5.74) is 0.906. The molecule has 1 fully saturated rings. The fraction of sp³-hybridized carbons (Fsp3) is 0.333. The van der Waals surface area contributed by atoms with Crippen molar-refractivity contribution in [3.63, 3.8) is 0 Å². The third-order valence-electron chi connectivity index (χ3n) is 4.47. The molecule has 0 bridgehead atoms. The number of halogens is 1. The van der Waals surface area contributed by atoms with Gasteiger partial charge >= 0.3 is 0 Å². The maximum absolute atomic E-state index is 12.4. The van der Waals surface area contributed by atoms with E-state index in [2.05, 4.69) is 14.9 Å². The highest BCUT2D eigenvalue weighted by Crippen LogP contribution is 2.28. The molecule has 4 heterocycles. The fourth-order valence-corrected chi connectivity index (χ4v) is 4.98. The average Bonchev–Trinajstić information content (AvgIpc) is 3.32. The van der Waals surface area contributed by atoms with Gasteiger partial charge in [0, 0.05) is 45.2 Å². The summed E-state index contributed by atoms with van der Waals surface area (Å²) in [4.78, 5) is 39.1. The minimum Gasteiger partial charge on any atom is -0.344 e. The lowest BCUT2D eigenvalue weighted by molar-refractivity contribution is -0.131. The van der Waals surface area contributed by atoms with Gasteiger partial charge in [-0.05, 0) is 24.3 Å². The van der Waals surface area contributed by atoms with Crippen molar-refractivity contribution in [2.75, 3.05) is 31.1 Å². The van der Waals surface area contributed by atoms with E-state index in [0.717, 1.165) is 28.6 Å². The molecule has 0 aliphatic carbocycles. The Morgan fingerprint density at radius 3 is 2.59 bits per heavy atom. The average molecular weight is 421 g/mol. The molecule has 0 saturated carbocycles. The van der Waals surface area contributed by atoms with Gasteiger partial charge in [0.15, 0.2) is 10.9 Å². The van der Waals surface area contributed by atoms with Gasteiger partial charge in [0.2, 0.25) is 5.91 Å². The van der Waals surface area contributed by atoms with Gasteiger partial charge in [-0.3, -0.25) is 9.59 Å². The second-order valence-corrected chi connectivity index (χ2v) is 8.89. The summed E-state index contributed by atoms with van der Waals surface area (Å²) in [6, 6.07) is 7.26. The van der Waals surface area contributed by atoms with Crippen LogP contribution in [0.25, 0.3) is 10.3 Å². The van der Waals surface area contributed by atoms with Gasteiger partial charge in [0.25, 0.3) is 0 Å². The van der Waals surface area contributed by atoms with E-state index < -0.39 is 0 Å². The van der Waals surface area contributed by atoms with E-state index in [4.69, 9.17) is 11.6 Å². The molecule has 0 atom stereocenters. The predicted molar refractivity (Wildman–Crippen MR) is 109 cm³/mol. The van der Waals surface area contributed by atoms with Crippen molar-refractivity contribution >= 4 is 61.4 Å². The maximum atomic E-state index is 12.4. The largest absolute Gasteiger partial charge is 0.344 e. The highest BCUT2D eigenvalue weighted by atomic mass is 35.5. The zero-order chi connectivity index (χ0) is 18.8. The highest BCUT2D eigenvalue weighted by molar-refractivity contribution is 7.21. The molecule has 3 aromatic heterocycles. The summed E-state index contributed by atoms with van der Waals surface area (Å²) < 4.78 is 0.589. The van der Waals surface area contributed by atoms with Crippen molar-refractivity contribution in [1.82, 2.24) is 14.9 Å². The highest BCUT2D eigenvalue weighted by Gasteiger charge is 2.23. The van der Waals surface area contributed by atoms with E-state index in [1.54, 1.807) is 29.7 Å². The molecule has 3 aromatic rings. The van der Waals surface area contributed by atoms with E-state index in [0.29, 0.717) is 22.3 Å². The Hall–Kier alpha value is -2.03. The van der Waals surface area contributed by atoms with Crippen LogP contribution in [0.5, 0.6) is 0 Å². The molecule has 140 valence electrons. The molecule has 0 N–H and O–H groups in total. The van der Waals surface area contributed by atoms with Gasteiger partial charge in [-0.15, -0.1) is 11.3 Å². The number of anilines is 1. The second kappa shape index (κ2) is 7.92. The lowest BCUT2D eigenvalue weighted by Crippen LogP contribution is -2.48. The van der Waals surface area contributed by atoms with Gasteiger partial charge in [0.05, 0.1) is 9.21 Å². The lowest BCUT2D eigenvalue weighted by Gasteiger charge is -2.34. The Kier molecular flexibility index (Phi) is 5.38. The Balaban J connectivity index is 1.29. The number of thiophene rings is 1. The van der Waals surface area contributed by atoms with E-state index in [1.165, 1.54) is 11.3 Å². The number of nitrogens with zero attached hydrogens (tertiary/aromatic N) is 4. The maximum Gasteiger partial charge on any atom is 0.223 e. The van der Waals surface area contributed by atoms with Crippen LogP contribution in [0.3, 0.4) is 0 Å². The molecule has 4 rings (SSSR count). The first kappa shape index (κ1) is 18.3. The van der Waals surface area contributed by atoms with Crippen LogP contribution in [0.4, 0.5) is 5.13 Å². The SMILES string of the molecule is O=C(CCC(=O)N1CCN(c2nc3cccnc3s2)CC1)c1ccc(Cl)s1. The van der Waals surface area contributed by atoms with Crippen molar-refractivity contribution in [2.24, 2.45) is 0 Å². The molecule has 1 amide bonds. The summed E-state index contributed by atoms with van der Waals surface area (Å²) in [5, 5.41) is 0.945. The van der Waals surface area contributed by atoms with E-state index >= 15 is 0 Å². The number of thiazole rings is 1. The number of ketones is 1. The number of piperazine rings is 1. The molecular weight excluding hydrogens is 404 g/mol. The Morgan fingerprint density at radius 1 is 1.07 bits per heavy atom. The first-order valence-electron chi connectivity index (χ1n) is 8.63. The van der Waals surface area contributed by atoms with Crippen molar-refractivity contribution in [1.29, 1.82) is 0 Å². The van der Waals surface area contributed by atoms with Crippen LogP contribution in [0.2, 0.25) is 4.34 Å². The summed E-state index contributed by atoms with van der Waals surface area (Å²) in [6.07, 6.45) is 2.23. The molecule has 9 heteroatoms. The van der Waals surface area contributed by atoms with Crippen molar-refractivity contribution in [2.45, 2.75) is 12.8 Å². The number of hydrogen-bond acceptors (Lipinski definition) is 7. The molecule has 0 aromatic carbocycles. The molecule has 6 nitrogen and oxygen atoms in total. The third-order valence-corrected chi connectivity index (χ3v) is 6.78. The zero-order valence-corrected chi connectivity index (χ0v) is 16.8. The molecular formula is C18H17ClN4O2S2. The van der Waals surface area contributed by atoms with Gasteiger partial charge in [0.1, 0.15) is 10.3 Å². The summed E-state index contributed by atoms with van der Waals surface area (Å²) >= 11 is 8.69.